The fourth-order valence-corrected chi connectivity index (χ4v) is 2.27. The number of rotatable bonds is 4. The first-order valence-electron chi connectivity index (χ1n) is 6.66. The van der Waals surface area contributed by atoms with E-state index >= 15 is 0 Å². The van der Waals surface area contributed by atoms with Crippen molar-refractivity contribution in [3.8, 4) is 0 Å². The largest absolute Gasteiger partial charge is 0.345 e. The molecule has 1 atom stereocenters. The van der Waals surface area contributed by atoms with Crippen molar-refractivity contribution in [3.63, 3.8) is 0 Å². The monoisotopic (exact) mass is 308 g/mol. The lowest BCUT2D eigenvalue weighted by Crippen LogP contribution is -2.40. The highest BCUT2D eigenvalue weighted by molar-refractivity contribution is 6.31. The van der Waals surface area contributed by atoms with Gasteiger partial charge in [0, 0.05) is 18.5 Å². The fraction of sp³-hybridized carbons (Fsp3) is 0.357. The van der Waals surface area contributed by atoms with Crippen molar-refractivity contribution in [2.45, 2.75) is 33.4 Å². The molecule has 2 aromatic rings. The van der Waals surface area contributed by atoms with Crippen molar-refractivity contribution < 1.29 is 9.59 Å². The minimum Gasteiger partial charge on any atom is -0.345 e. The van der Waals surface area contributed by atoms with E-state index in [1.807, 2.05) is 17.6 Å². The Labute approximate surface area is 127 Å². The van der Waals surface area contributed by atoms with Gasteiger partial charge in [0.25, 0.3) is 0 Å². The van der Waals surface area contributed by atoms with E-state index in [1.165, 1.54) is 6.92 Å². The molecule has 6 nitrogen and oxygen atoms in total. The number of nitrogens with zero attached hydrogens (tertiary/aromatic N) is 2. The number of benzene rings is 1. The Kier molecular flexibility index (Phi) is 4.47. The molecular formula is C14H17ClN4O2. The molecule has 7 heteroatoms. The Bertz CT molecular complexity index is 696. The molecule has 0 aliphatic rings. The van der Waals surface area contributed by atoms with E-state index in [0.717, 1.165) is 5.52 Å². The van der Waals surface area contributed by atoms with E-state index in [-0.39, 0.29) is 11.8 Å². The average Bonchev–Trinajstić information content (AvgIpc) is 2.73. The highest BCUT2D eigenvalue weighted by Gasteiger charge is 2.17. The first-order chi connectivity index (χ1) is 9.92. The van der Waals surface area contributed by atoms with E-state index in [2.05, 4.69) is 15.6 Å². The van der Waals surface area contributed by atoms with Gasteiger partial charge in [-0.3, -0.25) is 14.9 Å². The summed E-state index contributed by atoms with van der Waals surface area (Å²) in [5, 5.41) is 5.86. The van der Waals surface area contributed by atoms with Gasteiger partial charge in [-0.25, -0.2) is 4.98 Å². The predicted molar refractivity (Wildman–Crippen MR) is 82.3 cm³/mol. The topological polar surface area (TPSA) is 76.0 Å². The molecule has 0 aliphatic heterocycles. The van der Waals surface area contributed by atoms with Gasteiger partial charge in [0.15, 0.2) is 0 Å². The molecule has 0 aliphatic carbocycles. The number of amides is 2. The molecule has 21 heavy (non-hydrogen) atoms. The van der Waals surface area contributed by atoms with Gasteiger partial charge in [-0.1, -0.05) is 11.6 Å². The number of fused-ring (bicyclic) bond motifs is 1. The number of nitrogens with one attached hydrogen (secondary N) is 2. The minimum atomic E-state index is -0.629. The minimum absolute atomic E-state index is 0.256. The fourth-order valence-electron chi connectivity index (χ4n) is 2.11. The first kappa shape index (κ1) is 15.3. The molecule has 1 heterocycles. The Hall–Kier alpha value is -2.08. The summed E-state index contributed by atoms with van der Waals surface area (Å²) in [4.78, 5) is 27.4. The van der Waals surface area contributed by atoms with Crippen LogP contribution in [0.1, 0.15) is 20.8 Å². The number of hydrogen-bond acceptors (Lipinski definition) is 3. The highest BCUT2D eigenvalue weighted by atomic mass is 35.5. The average molecular weight is 309 g/mol. The van der Waals surface area contributed by atoms with Crippen molar-refractivity contribution in [1.82, 2.24) is 14.9 Å². The van der Waals surface area contributed by atoms with E-state index in [9.17, 15) is 9.59 Å². The molecule has 1 aromatic carbocycles. The van der Waals surface area contributed by atoms with Crippen LogP contribution in [0, 0.1) is 0 Å². The summed E-state index contributed by atoms with van der Waals surface area (Å²) in [6, 6.07) is 4.76. The molecule has 0 radical (unpaired) electrons. The lowest BCUT2D eigenvalue weighted by Gasteiger charge is -2.13. The predicted octanol–water partition coefficient (Wildman–Crippen LogP) is 2.17. The summed E-state index contributed by atoms with van der Waals surface area (Å²) in [6.07, 6.45) is 0. The van der Waals surface area contributed by atoms with Crippen LogP contribution in [0.3, 0.4) is 0 Å². The van der Waals surface area contributed by atoms with Crippen molar-refractivity contribution in [3.05, 3.63) is 23.2 Å². The second kappa shape index (κ2) is 6.13. The van der Waals surface area contributed by atoms with Crippen LogP contribution >= 0.6 is 11.6 Å². The van der Waals surface area contributed by atoms with Gasteiger partial charge in [0.2, 0.25) is 17.8 Å². The molecule has 2 N–H and O–H groups in total. The Morgan fingerprint density at radius 2 is 2.14 bits per heavy atom. The second-order valence-corrected chi connectivity index (χ2v) is 5.16. The van der Waals surface area contributed by atoms with Crippen LogP contribution in [0.15, 0.2) is 18.2 Å². The molecule has 0 saturated carbocycles. The number of hydrogen-bond donors (Lipinski definition) is 2. The number of carbonyl (C=O) groups is 2. The lowest BCUT2D eigenvalue weighted by molar-refractivity contribution is -0.124. The number of aryl methyl sites for hydroxylation is 1. The van der Waals surface area contributed by atoms with Gasteiger partial charge in [-0.15, -0.1) is 0 Å². The molecule has 0 saturated heterocycles. The number of anilines is 1. The zero-order chi connectivity index (χ0) is 15.6. The maximum atomic E-state index is 12.1. The molecule has 0 spiro atoms. The molecular weight excluding hydrogens is 292 g/mol. The lowest BCUT2D eigenvalue weighted by atomic mass is 10.3. The number of aromatic nitrogens is 2. The third-order valence-electron chi connectivity index (χ3n) is 3.07. The first-order valence-corrected chi connectivity index (χ1v) is 7.04. The number of carbonyl (C=O) groups excluding carboxylic acids is 2. The quantitative estimate of drug-likeness (QED) is 0.909. The van der Waals surface area contributed by atoms with Crippen LogP contribution < -0.4 is 10.6 Å². The van der Waals surface area contributed by atoms with Crippen molar-refractivity contribution >= 4 is 40.4 Å². The van der Waals surface area contributed by atoms with E-state index in [4.69, 9.17) is 11.6 Å². The zero-order valence-corrected chi connectivity index (χ0v) is 12.9. The summed E-state index contributed by atoms with van der Waals surface area (Å²) < 4.78 is 1.88. The summed E-state index contributed by atoms with van der Waals surface area (Å²) in [5.41, 5.74) is 1.61. The van der Waals surface area contributed by atoms with Crippen LogP contribution in [-0.2, 0) is 16.1 Å². The van der Waals surface area contributed by atoms with E-state index in [1.54, 1.807) is 19.1 Å². The standard InChI is InChI=1S/C14H17ClN4O2/c1-4-19-12-6-5-10(15)7-11(12)17-14(19)18-13(21)8(2)16-9(3)20/h5-8H,4H2,1-3H3,(H,16,20)(H,17,18,21). The maximum absolute atomic E-state index is 12.1. The molecule has 1 aromatic heterocycles. The van der Waals surface area contributed by atoms with Crippen molar-refractivity contribution in [2.24, 2.45) is 0 Å². The van der Waals surface area contributed by atoms with E-state index in [0.29, 0.717) is 23.0 Å². The SMILES string of the molecule is CCn1c(NC(=O)C(C)NC(C)=O)nc2cc(Cl)ccc21. The van der Waals surface area contributed by atoms with Gasteiger partial charge < -0.3 is 9.88 Å². The second-order valence-electron chi connectivity index (χ2n) is 4.72. The molecule has 1 unspecified atom stereocenters. The van der Waals surface area contributed by atoms with E-state index < -0.39 is 6.04 Å². The number of imidazole rings is 1. The molecule has 112 valence electrons. The van der Waals surface area contributed by atoms with Crippen LogP contribution in [0.5, 0.6) is 0 Å². The highest BCUT2D eigenvalue weighted by Crippen LogP contribution is 2.23. The normalized spacial score (nSPS) is 12.2. The summed E-state index contributed by atoms with van der Waals surface area (Å²) in [5.74, 6) is -0.133. The van der Waals surface area contributed by atoms with Crippen LogP contribution in [0.2, 0.25) is 5.02 Å². The van der Waals surface area contributed by atoms with Gasteiger partial charge >= 0.3 is 0 Å². The summed E-state index contributed by atoms with van der Waals surface area (Å²) >= 11 is 5.95. The van der Waals surface area contributed by atoms with Crippen molar-refractivity contribution in [1.29, 1.82) is 0 Å². The molecule has 2 rings (SSSR count). The Balaban J connectivity index is 2.29. The van der Waals surface area contributed by atoms with Gasteiger partial charge in [-0.05, 0) is 32.0 Å². The summed E-state index contributed by atoms with van der Waals surface area (Å²) in [7, 11) is 0. The zero-order valence-electron chi connectivity index (χ0n) is 12.1. The van der Waals surface area contributed by atoms with Crippen LogP contribution in [-0.4, -0.2) is 27.4 Å². The van der Waals surface area contributed by atoms with Crippen LogP contribution in [0.4, 0.5) is 5.95 Å². The van der Waals surface area contributed by atoms with Gasteiger partial charge in [0.05, 0.1) is 11.0 Å². The maximum Gasteiger partial charge on any atom is 0.248 e. The summed E-state index contributed by atoms with van der Waals surface area (Å²) in [6.45, 7) is 5.60. The molecule has 0 fully saturated rings. The molecule has 0 bridgehead atoms. The Morgan fingerprint density at radius 3 is 2.76 bits per heavy atom. The van der Waals surface area contributed by atoms with Crippen LogP contribution in [0.25, 0.3) is 11.0 Å². The third kappa shape index (κ3) is 3.33. The third-order valence-corrected chi connectivity index (χ3v) is 3.31. The number of halogens is 1. The smallest absolute Gasteiger partial charge is 0.248 e. The molecule has 2 amide bonds. The van der Waals surface area contributed by atoms with Gasteiger partial charge in [0.1, 0.15) is 6.04 Å². The Morgan fingerprint density at radius 1 is 1.43 bits per heavy atom. The van der Waals surface area contributed by atoms with Crippen molar-refractivity contribution in [2.75, 3.05) is 5.32 Å². The van der Waals surface area contributed by atoms with Gasteiger partial charge in [-0.2, -0.15) is 0 Å².